The zero-order valence-corrected chi connectivity index (χ0v) is 23.7. The quantitative estimate of drug-likeness (QED) is 0.273. The number of ether oxygens (including phenoxy) is 2. The summed E-state index contributed by atoms with van der Waals surface area (Å²) < 4.78 is 67.9. The van der Waals surface area contributed by atoms with E-state index < -0.39 is 68.2 Å². The highest BCUT2D eigenvalue weighted by atomic mass is 32.2. The number of halogens is 2. The number of thiazole rings is 1. The van der Waals surface area contributed by atoms with Crippen LogP contribution >= 0.6 is 11.3 Å². The van der Waals surface area contributed by atoms with E-state index in [4.69, 9.17) is 9.47 Å². The predicted octanol–water partition coefficient (Wildman–Crippen LogP) is 4.08. The Labute approximate surface area is 237 Å². The van der Waals surface area contributed by atoms with E-state index in [0.29, 0.717) is 39.1 Å². The van der Waals surface area contributed by atoms with Crippen LogP contribution in [0, 0.1) is 11.6 Å². The maximum atomic E-state index is 15.0. The molecule has 0 spiro atoms. The fraction of sp³-hybridized carbons (Fsp3) is 0.250. The molecule has 0 radical (unpaired) electrons. The van der Waals surface area contributed by atoms with Gasteiger partial charge in [-0.15, -0.1) is 11.3 Å². The largest absolute Gasteiger partial charge is 0.497 e. The van der Waals surface area contributed by atoms with E-state index in [9.17, 15) is 36.7 Å². The van der Waals surface area contributed by atoms with Gasteiger partial charge in [0.2, 0.25) is 0 Å². The molecule has 17 heteroatoms. The van der Waals surface area contributed by atoms with Gasteiger partial charge in [0.05, 0.1) is 24.1 Å². The fourth-order valence-corrected chi connectivity index (χ4v) is 5.73. The summed E-state index contributed by atoms with van der Waals surface area (Å²) in [6, 6.07) is 5.81. The standard InChI is InChI=1S/C24H25F2N5O8S2/c1-24(2,3)39-23(35)30-29-22(34)28-18-16(25)9-15(10-17(18)26)41(36,37)31(20-19(21(32)33)27-12-40-20)11-13-5-7-14(38-4)8-6-13/h5-10,12H,11H2,1-4H3,(H,30,35)(H,32,33)(H2,28,29,34). The number of aromatic nitrogens is 1. The van der Waals surface area contributed by atoms with Crippen LogP contribution in [-0.4, -0.2) is 49.3 Å². The second kappa shape index (κ2) is 12.3. The molecule has 3 aromatic rings. The number of nitrogens with zero attached hydrogens (tertiary/aromatic N) is 2. The molecule has 13 nitrogen and oxygen atoms in total. The van der Waals surface area contributed by atoms with E-state index in [1.807, 2.05) is 16.2 Å². The molecule has 0 aliphatic carbocycles. The average molecular weight is 614 g/mol. The van der Waals surface area contributed by atoms with Gasteiger partial charge in [0.1, 0.15) is 22.0 Å². The average Bonchev–Trinajstić information content (AvgIpc) is 3.37. The molecule has 0 bridgehead atoms. The van der Waals surface area contributed by atoms with Gasteiger partial charge in [-0.25, -0.2) is 47.4 Å². The van der Waals surface area contributed by atoms with Gasteiger partial charge in [0.25, 0.3) is 10.0 Å². The molecule has 0 fully saturated rings. The van der Waals surface area contributed by atoms with Crippen molar-refractivity contribution < 1.29 is 46.2 Å². The maximum Gasteiger partial charge on any atom is 0.426 e. The van der Waals surface area contributed by atoms with Gasteiger partial charge < -0.3 is 19.9 Å². The maximum absolute atomic E-state index is 15.0. The molecule has 1 heterocycles. The molecule has 0 aliphatic heterocycles. The van der Waals surface area contributed by atoms with Crippen molar-refractivity contribution in [1.82, 2.24) is 15.8 Å². The number of rotatable bonds is 8. The highest BCUT2D eigenvalue weighted by Crippen LogP contribution is 2.34. The van der Waals surface area contributed by atoms with E-state index in [2.05, 4.69) is 4.98 Å². The number of hydrazine groups is 1. The minimum Gasteiger partial charge on any atom is -0.497 e. The number of urea groups is 1. The van der Waals surface area contributed by atoms with Gasteiger partial charge >= 0.3 is 18.1 Å². The summed E-state index contributed by atoms with van der Waals surface area (Å²) in [5.74, 6) is -3.98. The minimum absolute atomic E-state index is 0.302. The van der Waals surface area contributed by atoms with Crippen LogP contribution in [-0.2, 0) is 21.3 Å². The van der Waals surface area contributed by atoms with E-state index in [1.165, 1.54) is 19.2 Å². The molecule has 3 rings (SSSR count). The molecule has 41 heavy (non-hydrogen) atoms. The van der Waals surface area contributed by atoms with E-state index >= 15 is 0 Å². The summed E-state index contributed by atoms with van der Waals surface area (Å²) in [4.78, 5) is 38.2. The number of methoxy groups -OCH3 is 1. The molecule has 4 N–H and O–H groups in total. The summed E-state index contributed by atoms with van der Waals surface area (Å²) in [5, 5.41) is 11.1. The van der Waals surface area contributed by atoms with E-state index in [0.717, 1.165) is 5.51 Å². The molecule has 0 unspecified atom stereocenters. The van der Waals surface area contributed by atoms with Crippen LogP contribution in [0.5, 0.6) is 5.75 Å². The lowest BCUT2D eigenvalue weighted by Gasteiger charge is -2.24. The second-order valence-electron chi connectivity index (χ2n) is 9.14. The monoisotopic (exact) mass is 613 g/mol. The highest BCUT2D eigenvalue weighted by molar-refractivity contribution is 7.93. The Bertz CT molecular complexity index is 1530. The Hall–Kier alpha value is -4.51. The summed E-state index contributed by atoms with van der Waals surface area (Å²) in [5.41, 5.74) is 2.75. The predicted molar refractivity (Wildman–Crippen MR) is 143 cm³/mol. The third-order valence-electron chi connectivity index (χ3n) is 4.98. The van der Waals surface area contributed by atoms with Gasteiger partial charge in [0, 0.05) is 0 Å². The molecule has 220 valence electrons. The van der Waals surface area contributed by atoms with Crippen molar-refractivity contribution in [1.29, 1.82) is 0 Å². The van der Waals surface area contributed by atoms with Crippen LogP contribution in [0.4, 0.5) is 29.1 Å². The molecule has 0 saturated heterocycles. The minimum atomic E-state index is -4.80. The Morgan fingerprint density at radius 3 is 2.22 bits per heavy atom. The Kier molecular flexibility index (Phi) is 9.34. The lowest BCUT2D eigenvalue weighted by Crippen LogP contribution is -2.46. The third-order valence-corrected chi connectivity index (χ3v) is 7.67. The van der Waals surface area contributed by atoms with Crippen molar-refractivity contribution >= 4 is 50.1 Å². The second-order valence-corrected chi connectivity index (χ2v) is 11.8. The molecule has 3 amide bonds. The van der Waals surface area contributed by atoms with E-state index in [1.54, 1.807) is 32.9 Å². The summed E-state index contributed by atoms with van der Waals surface area (Å²) >= 11 is 0.698. The van der Waals surface area contributed by atoms with E-state index in [-0.39, 0.29) is 5.00 Å². The third kappa shape index (κ3) is 7.79. The van der Waals surface area contributed by atoms with Crippen LogP contribution < -0.4 is 25.2 Å². The lowest BCUT2D eigenvalue weighted by molar-refractivity contribution is 0.0506. The number of carboxylic acids is 1. The Morgan fingerprint density at radius 1 is 1.07 bits per heavy atom. The van der Waals surface area contributed by atoms with Crippen molar-refractivity contribution in [2.75, 3.05) is 16.7 Å². The number of carboxylic acid groups (broad SMARTS) is 1. The van der Waals surface area contributed by atoms with Crippen LogP contribution in [0.25, 0.3) is 0 Å². The molecule has 2 aromatic carbocycles. The normalized spacial score (nSPS) is 11.4. The van der Waals surface area contributed by atoms with Crippen molar-refractivity contribution in [2.45, 2.75) is 37.8 Å². The number of hydrogen-bond acceptors (Lipinski definition) is 9. The zero-order chi connectivity index (χ0) is 30.5. The number of hydrogen-bond donors (Lipinski definition) is 4. The number of nitrogens with one attached hydrogen (secondary N) is 3. The fourth-order valence-electron chi connectivity index (χ4n) is 3.23. The SMILES string of the molecule is COc1ccc(CN(c2scnc2C(=O)O)S(=O)(=O)c2cc(F)c(NC(=O)NNC(=O)OC(C)(C)C)c(F)c2)cc1. The smallest absolute Gasteiger partial charge is 0.426 e. The molecule has 0 saturated carbocycles. The summed E-state index contributed by atoms with van der Waals surface area (Å²) in [6.45, 7) is 4.30. The van der Waals surface area contributed by atoms with Crippen LogP contribution in [0.1, 0.15) is 36.8 Å². The zero-order valence-electron chi connectivity index (χ0n) is 22.0. The van der Waals surface area contributed by atoms with Crippen LogP contribution in [0.3, 0.4) is 0 Å². The van der Waals surface area contributed by atoms with Crippen molar-refractivity contribution in [3.05, 3.63) is 64.8 Å². The number of carbonyl (C=O) groups excluding carboxylic acids is 2. The lowest BCUT2D eigenvalue weighted by atomic mass is 10.2. The number of anilines is 2. The molecule has 1 aromatic heterocycles. The first-order valence-electron chi connectivity index (χ1n) is 11.5. The van der Waals surface area contributed by atoms with Gasteiger partial charge in [-0.1, -0.05) is 12.1 Å². The van der Waals surface area contributed by atoms with Crippen molar-refractivity contribution in [3.63, 3.8) is 0 Å². The molecule has 0 aliphatic rings. The van der Waals surface area contributed by atoms with Crippen molar-refractivity contribution in [3.8, 4) is 5.75 Å². The number of carbonyl (C=O) groups is 3. The van der Waals surface area contributed by atoms with Crippen molar-refractivity contribution in [2.24, 2.45) is 0 Å². The van der Waals surface area contributed by atoms with Gasteiger partial charge in [0.15, 0.2) is 17.3 Å². The highest BCUT2D eigenvalue weighted by Gasteiger charge is 2.32. The first kappa shape index (κ1) is 31.0. The number of benzene rings is 2. The van der Waals surface area contributed by atoms with Gasteiger partial charge in [-0.3, -0.25) is 4.31 Å². The first-order chi connectivity index (χ1) is 19.1. The Morgan fingerprint density at radius 2 is 1.68 bits per heavy atom. The molecular weight excluding hydrogens is 588 g/mol. The first-order valence-corrected chi connectivity index (χ1v) is 13.8. The molecular formula is C24H25F2N5O8S2. The number of aromatic carboxylic acids is 1. The summed E-state index contributed by atoms with van der Waals surface area (Å²) in [7, 11) is -3.36. The summed E-state index contributed by atoms with van der Waals surface area (Å²) in [6.07, 6.45) is -1.05. The van der Waals surface area contributed by atoms with Gasteiger partial charge in [-0.05, 0) is 50.6 Å². The van der Waals surface area contributed by atoms with Gasteiger partial charge in [-0.2, -0.15) is 0 Å². The van der Waals surface area contributed by atoms with Crippen LogP contribution in [0.15, 0.2) is 46.8 Å². The Balaban J connectivity index is 1.92. The number of sulfonamides is 1. The number of amides is 3. The van der Waals surface area contributed by atoms with Crippen LogP contribution in [0.2, 0.25) is 0 Å². The topological polar surface area (TPSA) is 176 Å². The molecule has 0 atom stereocenters.